The molecule has 0 aliphatic heterocycles. The maximum Gasteiger partial charge on any atom is 0.413 e. The zero-order valence-electron chi connectivity index (χ0n) is 11.9. The summed E-state index contributed by atoms with van der Waals surface area (Å²) in [5.74, 6) is 0. The number of rotatable bonds is 5. The number of hydrogen-bond donors (Lipinski definition) is 1. The number of hydroxylamine groups is 1. The van der Waals surface area contributed by atoms with Crippen molar-refractivity contribution in [1.29, 1.82) is 0 Å². The fraction of sp³-hybridized carbons (Fsp3) is 0.333. The highest BCUT2D eigenvalue weighted by Crippen LogP contribution is 2.20. The van der Waals surface area contributed by atoms with E-state index in [1.54, 1.807) is 0 Å². The van der Waals surface area contributed by atoms with Crippen LogP contribution in [0.5, 0.6) is 0 Å². The SMILES string of the molecule is Cc1cc(CNOCC(F)(F)F)c(C)n1-c1ccccc1. The minimum atomic E-state index is -4.33. The monoisotopic (exact) mass is 298 g/mol. The normalized spacial score (nSPS) is 11.9. The molecule has 0 fully saturated rings. The standard InChI is InChI=1S/C15H17F3N2O/c1-11-8-13(9-19-21-10-15(16,17)18)12(2)20(11)14-6-4-3-5-7-14/h3-8,19H,9-10H2,1-2H3. The first-order chi connectivity index (χ1) is 9.88. The minimum Gasteiger partial charge on any atom is -0.318 e. The van der Waals surface area contributed by atoms with E-state index in [9.17, 15) is 13.2 Å². The first kappa shape index (κ1) is 15.6. The van der Waals surface area contributed by atoms with Crippen LogP contribution in [0.2, 0.25) is 0 Å². The molecule has 0 bridgehead atoms. The maximum absolute atomic E-state index is 12.0. The Morgan fingerprint density at radius 1 is 1.14 bits per heavy atom. The number of alkyl halides is 3. The van der Waals surface area contributed by atoms with Gasteiger partial charge in [0, 0.05) is 23.6 Å². The van der Waals surface area contributed by atoms with Gasteiger partial charge in [-0.2, -0.15) is 18.7 Å². The van der Waals surface area contributed by atoms with E-state index < -0.39 is 12.8 Å². The Hall–Kier alpha value is -1.79. The molecule has 0 spiro atoms. The molecule has 0 amide bonds. The van der Waals surface area contributed by atoms with Gasteiger partial charge in [0.1, 0.15) is 0 Å². The highest BCUT2D eigenvalue weighted by molar-refractivity contribution is 5.40. The molecule has 0 unspecified atom stereocenters. The van der Waals surface area contributed by atoms with Crippen LogP contribution in [0.1, 0.15) is 17.0 Å². The van der Waals surface area contributed by atoms with E-state index in [2.05, 4.69) is 14.9 Å². The molecule has 3 nitrogen and oxygen atoms in total. The Kier molecular flexibility index (Phi) is 4.69. The molecular weight excluding hydrogens is 281 g/mol. The molecule has 21 heavy (non-hydrogen) atoms. The molecular formula is C15H17F3N2O. The van der Waals surface area contributed by atoms with Gasteiger partial charge in [-0.15, -0.1) is 0 Å². The lowest BCUT2D eigenvalue weighted by molar-refractivity contribution is -0.190. The molecule has 0 saturated heterocycles. The third kappa shape index (κ3) is 4.09. The number of aryl methyl sites for hydroxylation is 1. The predicted molar refractivity (Wildman–Crippen MR) is 74.1 cm³/mol. The molecule has 0 radical (unpaired) electrons. The van der Waals surface area contributed by atoms with Crippen LogP contribution in [0, 0.1) is 13.8 Å². The van der Waals surface area contributed by atoms with Crippen molar-refractivity contribution in [2.45, 2.75) is 26.6 Å². The number of para-hydroxylation sites is 1. The van der Waals surface area contributed by atoms with Gasteiger partial charge in [0.05, 0.1) is 0 Å². The summed E-state index contributed by atoms with van der Waals surface area (Å²) in [7, 11) is 0. The molecule has 2 aromatic rings. The highest BCUT2D eigenvalue weighted by atomic mass is 19.4. The largest absolute Gasteiger partial charge is 0.413 e. The van der Waals surface area contributed by atoms with Crippen molar-refractivity contribution >= 4 is 0 Å². The van der Waals surface area contributed by atoms with Gasteiger partial charge in [0.15, 0.2) is 6.61 Å². The van der Waals surface area contributed by atoms with Crippen molar-refractivity contribution in [3.05, 3.63) is 53.3 Å². The smallest absolute Gasteiger partial charge is 0.318 e. The summed E-state index contributed by atoms with van der Waals surface area (Å²) >= 11 is 0. The lowest BCUT2D eigenvalue weighted by Gasteiger charge is -2.11. The van der Waals surface area contributed by atoms with Crippen LogP contribution in [0.15, 0.2) is 36.4 Å². The van der Waals surface area contributed by atoms with Gasteiger partial charge in [-0.05, 0) is 37.6 Å². The van der Waals surface area contributed by atoms with Crippen molar-refractivity contribution < 1.29 is 18.0 Å². The summed E-state index contributed by atoms with van der Waals surface area (Å²) in [4.78, 5) is 4.43. The summed E-state index contributed by atoms with van der Waals surface area (Å²) in [6.07, 6.45) is -4.33. The minimum absolute atomic E-state index is 0.225. The first-order valence-corrected chi connectivity index (χ1v) is 6.53. The predicted octanol–water partition coefficient (Wildman–Crippen LogP) is 3.68. The Labute approximate surface area is 121 Å². The number of benzene rings is 1. The third-order valence-corrected chi connectivity index (χ3v) is 3.15. The average Bonchev–Trinajstić information content (AvgIpc) is 2.69. The van der Waals surface area contributed by atoms with Gasteiger partial charge in [0.25, 0.3) is 0 Å². The number of nitrogens with zero attached hydrogens (tertiary/aromatic N) is 1. The van der Waals surface area contributed by atoms with Crippen molar-refractivity contribution in [3.8, 4) is 5.69 Å². The molecule has 114 valence electrons. The van der Waals surface area contributed by atoms with Crippen molar-refractivity contribution in [2.75, 3.05) is 6.61 Å². The van der Waals surface area contributed by atoms with Crippen LogP contribution in [0.4, 0.5) is 13.2 Å². The molecule has 0 saturated carbocycles. The molecule has 2 rings (SSSR count). The average molecular weight is 298 g/mol. The molecule has 1 aromatic carbocycles. The molecule has 0 atom stereocenters. The lowest BCUT2D eigenvalue weighted by atomic mass is 10.2. The van der Waals surface area contributed by atoms with E-state index in [1.165, 1.54) is 0 Å². The molecule has 0 aliphatic rings. The number of hydrogen-bond acceptors (Lipinski definition) is 2. The summed E-state index contributed by atoms with van der Waals surface area (Å²) in [5.41, 5.74) is 6.28. The molecule has 1 N–H and O–H groups in total. The van der Waals surface area contributed by atoms with E-state index in [-0.39, 0.29) is 6.54 Å². The second-order valence-electron chi connectivity index (χ2n) is 4.79. The van der Waals surface area contributed by atoms with Crippen LogP contribution in [-0.4, -0.2) is 17.4 Å². The Morgan fingerprint density at radius 2 is 1.81 bits per heavy atom. The van der Waals surface area contributed by atoms with Gasteiger partial charge >= 0.3 is 6.18 Å². The van der Waals surface area contributed by atoms with Crippen LogP contribution in [0.3, 0.4) is 0 Å². The Balaban J connectivity index is 2.06. The first-order valence-electron chi connectivity index (χ1n) is 6.53. The summed E-state index contributed by atoms with van der Waals surface area (Å²) in [5, 5.41) is 0. The van der Waals surface area contributed by atoms with E-state index in [4.69, 9.17) is 0 Å². The van der Waals surface area contributed by atoms with E-state index in [0.29, 0.717) is 0 Å². The zero-order valence-corrected chi connectivity index (χ0v) is 11.9. The Bertz CT molecular complexity index is 591. The quantitative estimate of drug-likeness (QED) is 0.673. The summed E-state index contributed by atoms with van der Waals surface area (Å²) in [6, 6.07) is 11.7. The van der Waals surface area contributed by atoms with Crippen molar-refractivity contribution in [3.63, 3.8) is 0 Å². The van der Waals surface area contributed by atoms with Crippen LogP contribution >= 0.6 is 0 Å². The molecule has 0 aliphatic carbocycles. The van der Waals surface area contributed by atoms with E-state index >= 15 is 0 Å². The topological polar surface area (TPSA) is 26.2 Å². The van der Waals surface area contributed by atoms with Crippen molar-refractivity contribution in [2.24, 2.45) is 0 Å². The van der Waals surface area contributed by atoms with Gasteiger partial charge in [-0.25, -0.2) is 0 Å². The van der Waals surface area contributed by atoms with Gasteiger partial charge in [-0.3, -0.25) is 4.84 Å². The summed E-state index contributed by atoms with van der Waals surface area (Å²) < 4.78 is 38.0. The van der Waals surface area contributed by atoms with Gasteiger partial charge in [0.2, 0.25) is 0 Å². The second kappa shape index (κ2) is 6.32. The highest BCUT2D eigenvalue weighted by Gasteiger charge is 2.27. The second-order valence-corrected chi connectivity index (χ2v) is 4.79. The maximum atomic E-state index is 12.0. The van der Waals surface area contributed by atoms with Crippen LogP contribution in [0.25, 0.3) is 5.69 Å². The van der Waals surface area contributed by atoms with Gasteiger partial charge in [-0.1, -0.05) is 18.2 Å². The molecule has 6 heteroatoms. The van der Waals surface area contributed by atoms with Crippen molar-refractivity contribution in [1.82, 2.24) is 10.0 Å². The van der Waals surface area contributed by atoms with Gasteiger partial charge < -0.3 is 4.57 Å². The van der Waals surface area contributed by atoms with Crippen LogP contribution in [-0.2, 0) is 11.4 Å². The van der Waals surface area contributed by atoms with Crippen LogP contribution < -0.4 is 5.48 Å². The lowest BCUT2D eigenvalue weighted by Crippen LogP contribution is -2.24. The molecule has 1 aromatic heterocycles. The Morgan fingerprint density at radius 3 is 2.43 bits per heavy atom. The number of nitrogens with one attached hydrogen (secondary N) is 1. The number of aromatic nitrogens is 1. The summed E-state index contributed by atoms with van der Waals surface area (Å²) in [6.45, 7) is 2.81. The fourth-order valence-corrected chi connectivity index (χ4v) is 2.24. The molecule has 1 heterocycles. The van der Waals surface area contributed by atoms with E-state index in [0.717, 1.165) is 22.6 Å². The van der Waals surface area contributed by atoms with E-state index in [1.807, 2.05) is 50.2 Å². The third-order valence-electron chi connectivity index (χ3n) is 3.15. The zero-order chi connectivity index (χ0) is 15.5. The number of halogens is 3. The fourth-order valence-electron chi connectivity index (χ4n) is 2.24.